The maximum absolute atomic E-state index is 11.1. The van der Waals surface area contributed by atoms with Gasteiger partial charge in [-0.05, 0) is 17.6 Å². The predicted octanol–water partition coefficient (Wildman–Crippen LogP) is 5.15. The minimum atomic E-state index is 0.0321. The molecule has 3 heteroatoms. The van der Waals surface area contributed by atoms with Crippen LogP contribution in [0.4, 0.5) is 0 Å². The van der Waals surface area contributed by atoms with E-state index in [0.717, 1.165) is 17.6 Å². The number of hydrogen-bond donors (Lipinski definition) is 2. The van der Waals surface area contributed by atoms with Crippen molar-refractivity contribution >= 4 is 5.71 Å². The zero-order valence-electron chi connectivity index (χ0n) is 16.1. The van der Waals surface area contributed by atoms with Gasteiger partial charge in [-0.15, -0.1) is 0 Å². The number of nitrogens with one attached hydrogen (secondary N) is 1. The third-order valence-corrected chi connectivity index (χ3v) is 5.51. The second-order valence-corrected chi connectivity index (χ2v) is 7.26. The van der Waals surface area contributed by atoms with E-state index in [1.54, 1.807) is 0 Å². The van der Waals surface area contributed by atoms with Gasteiger partial charge in [-0.1, -0.05) is 91.9 Å². The number of aliphatic hydroxyl groups excluding tert-OH is 1. The number of allylic oxidation sites excluding steroid dienone is 3. The van der Waals surface area contributed by atoms with Crippen molar-refractivity contribution in [3.63, 3.8) is 0 Å². The molecule has 2 unspecified atom stereocenters. The molecule has 0 bridgehead atoms. The van der Waals surface area contributed by atoms with Crippen molar-refractivity contribution < 1.29 is 5.11 Å². The average molecular weight is 370 g/mol. The molecule has 2 N–H and O–H groups in total. The molecule has 1 aliphatic carbocycles. The van der Waals surface area contributed by atoms with Gasteiger partial charge in [-0.25, -0.2) is 0 Å². The second kappa shape index (κ2) is 8.41. The topological polar surface area (TPSA) is 44.6 Å². The van der Waals surface area contributed by atoms with Gasteiger partial charge in [0, 0.05) is 24.1 Å². The first-order chi connectivity index (χ1) is 13.8. The Kier molecular flexibility index (Phi) is 5.54. The second-order valence-electron chi connectivity index (χ2n) is 7.26. The normalized spacial score (nSPS) is 22.0. The average Bonchev–Trinajstić information content (AvgIpc) is 2.76. The smallest absolute Gasteiger partial charge is 0.142 e. The zero-order valence-corrected chi connectivity index (χ0v) is 16.1. The molecule has 1 aliphatic heterocycles. The number of dihydropyridines is 1. The first-order valence-electron chi connectivity index (χ1n) is 9.97. The van der Waals surface area contributed by atoms with Crippen LogP contribution in [0.15, 0.2) is 101 Å². The number of aliphatic imine (C=N–C) groups is 1. The van der Waals surface area contributed by atoms with Gasteiger partial charge in [-0.2, -0.15) is 0 Å². The summed E-state index contributed by atoms with van der Waals surface area (Å²) < 4.78 is 0. The van der Waals surface area contributed by atoms with Crippen molar-refractivity contribution in [3.05, 3.63) is 107 Å². The van der Waals surface area contributed by atoms with Crippen LogP contribution in [0.2, 0.25) is 0 Å². The van der Waals surface area contributed by atoms with Crippen molar-refractivity contribution in [2.45, 2.75) is 25.4 Å². The first-order valence-corrected chi connectivity index (χ1v) is 9.97. The highest BCUT2D eigenvalue weighted by atomic mass is 16.3. The van der Waals surface area contributed by atoms with Gasteiger partial charge in [0.25, 0.3) is 0 Å². The maximum Gasteiger partial charge on any atom is 0.142 e. The number of benzene rings is 2. The Morgan fingerprint density at radius 3 is 2.36 bits per heavy atom. The Balaban J connectivity index is 1.64. The molecular weight excluding hydrogens is 344 g/mol. The summed E-state index contributed by atoms with van der Waals surface area (Å²) in [7, 11) is 0. The Hall–Kier alpha value is -2.91. The monoisotopic (exact) mass is 370 g/mol. The predicted molar refractivity (Wildman–Crippen MR) is 116 cm³/mol. The van der Waals surface area contributed by atoms with Crippen molar-refractivity contribution in [1.82, 2.24) is 5.32 Å². The minimum absolute atomic E-state index is 0.0321. The number of rotatable bonds is 6. The Morgan fingerprint density at radius 1 is 0.964 bits per heavy atom. The summed E-state index contributed by atoms with van der Waals surface area (Å²) in [6.07, 6.45) is 9.34. The van der Waals surface area contributed by atoms with Gasteiger partial charge in [0.15, 0.2) is 0 Å². The van der Waals surface area contributed by atoms with E-state index >= 15 is 0 Å². The molecule has 1 heterocycles. The Bertz CT molecular complexity index is 926. The van der Waals surface area contributed by atoms with E-state index in [4.69, 9.17) is 4.99 Å². The molecule has 2 aromatic rings. The maximum atomic E-state index is 11.1. The summed E-state index contributed by atoms with van der Waals surface area (Å²) in [5.74, 6) is 0.404. The number of aliphatic hydroxyl groups is 1. The fourth-order valence-electron chi connectivity index (χ4n) is 3.99. The van der Waals surface area contributed by atoms with Crippen LogP contribution in [-0.2, 0) is 0 Å². The van der Waals surface area contributed by atoms with Crippen LogP contribution in [0, 0.1) is 5.92 Å². The molecule has 142 valence electrons. The third-order valence-electron chi connectivity index (χ3n) is 5.51. The van der Waals surface area contributed by atoms with Crippen molar-refractivity contribution in [1.29, 1.82) is 0 Å². The summed E-state index contributed by atoms with van der Waals surface area (Å²) in [6, 6.07) is 20.7. The van der Waals surface area contributed by atoms with Crippen LogP contribution < -0.4 is 5.32 Å². The lowest BCUT2D eigenvalue weighted by Gasteiger charge is -2.31. The molecule has 28 heavy (non-hydrogen) atoms. The van der Waals surface area contributed by atoms with Gasteiger partial charge < -0.3 is 10.4 Å². The van der Waals surface area contributed by atoms with Crippen molar-refractivity contribution in [2.24, 2.45) is 10.9 Å². The molecule has 0 aromatic heterocycles. The van der Waals surface area contributed by atoms with Gasteiger partial charge in [-0.3, -0.25) is 4.99 Å². The van der Waals surface area contributed by atoms with Crippen molar-refractivity contribution in [2.75, 3.05) is 6.54 Å². The fourth-order valence-corrected chi connectivity index (χ4v) is 3.99. The van der Waals surface area contributed by atoms with Crippen LogP contribution in [0.25, 0.3) is 0 Å². The summed E-state index contributed by atoms with van der Waals surface area (Å²) in [4.78, 5) is 4.85. The molecule has 0 saturated carbocycles. The molecule has 2 aromatic carbocycles. The third kappa shape index (κ3) is 3.71. The Morgan fingerprint density at radius 2 is 1.64 bits per heavy atom. The van der Waals surface area contributed by atoms with Crippen LogP contribution >= 0.6 is 0 Å². The van der Waals surface area contributed by atoms with Crippen molar-refractivity contribution in [3.8, 4) is 0 Å². The van der Waals surface area contributed by atoms with Gasteiger partial charge in [0.1, 0.15) is 11.5 Å². The summed E-state index contributed by atoms with van der Waals surface area (Å²) >= 11 is 0. The lowest BCUT2D eigenvalue weighted by molar-refractivity contribution is 0.406. The van der Waals surface area contributed by atoms with Crippen LogP contribution in [0.1, 0.15) is 30.5 Å². The van der Waals surface area contributed by atoms with Crippen LogP contribution in [-0.4, -0.2) is 23.4 Å². The molecule has 3 atom stereocenters. The summed E-state index contributed by atoms with van der Waals surface area (Å²) in [5.41, 5.74) is 3.92. The van der Waals surface area contributed by atoms with E-state index in [9.17, 15) is 5.11 Å². The molecule has 0 radical (unpaired) electrons. The molecule has 0 spiro atoms. The summed E-state index contributed by atoms with van der Waals surface area (Å²) in [6.45, 7) is 2.81. The Labute approximate surface area is 166 Å². The van der Waals surface area contributed by atoms with E-state index in [2.05, 4.69) is 48.7 Å². The highest BCUT2D eigenvalue weighted by Crippen LogP contribution is 2.32. The molecule has 0 fully saturated rings. The van der Waals surface area contributed by atoms with E-state index in [0.29, 0.717) is 18.0 Å². The number of hydrogen-bond acceptors (Lipinski definition) is 3. The highest BCUT2D eigenvalue weighted by molar-refractivity contribution is 6.12. The lowest BCUT2D eigenvalue weighted by atomic mass is 9.83. The number of fused-ring (bicyclic) bond motifs is 1. The standard InChI is InChI=1S/C25H26N2O/c1-2-22(18-11-5-3-6-12-18)26-17-21-20-15-9-10-16-23(20)27-24(25(21)28)19-13-7-4-8-14-19/h3-16,20,22-23,26,28H,2,17H2,1H3/t20?,22-,23?/m0/s1. The quantitative estimate of drug-likeness (QED) is 0.738. The molecule has 0 amide bonds. The van der Waals surface area contributed by atoms with Gasteiger partial charge in [0.2, 0.25) is 0 Å². The summed E-state index contributed by atoms with van der Waals surface area (Å²) in [5, 5.41) is 14.8. The number of nitrogens with zero attached hydrogens (tertiary/aromatic N) is 1. The lowest BCUT2D eigenvalue weighted by Crippen LogP contribution is -2.34. The van der Waals surface area contributed by atoms with E-state index in [1.807, 2.05) is 48.6 Å². The zero-order chi connectivity index (χ0) is 19.3. The molecule has 4 rings (SSSR count). The van der Waals surface area contributed by atoms with E-state index in [1.165, 1.54) is 5.56 Å². The molecular formula is C25H26N2O. The molecule has 2 aliphatic rings. The fraction of sp³-hybridized carbons (Fsp3) is 0.240. The molecule has 3 nitrogen and oxygen atoms in total. The largest absolute Gasteiger partial charge is 0.506 e. The van der Waals surface area contributed by atoms with E-state index in [-0.39, 0.29) is 18.0 Å². The molecule has 0 saturated heterocycles. The van der Waals surface area contributed by atoms with Gasteiger partial charge in [0.05, 0.1) is 6.04 Å². The van der Waals surface area contributed by atoms with Crippen LogP contribution in [0.3, 0.4) is 0 Å². The first kappa shape index (κ1) is 18.5. The highest BCUT2D eigenvalue weighted by Gasteiger charge is 2.32. The van der Waals surface area contributed by atoms with Crippen LogP contribution in [0.5, 0.6) is 0 Å². The van der Waals surface area contributed by atoms with E-state index < -0.39 is 0 Å². The minimum Gasteiger partial charge on any atom is -0.506 e. The van der Waals surface area contributed by atoms with Gasteiger partial charge >= 0.3 is 0 Å². The SMILES string of the molecule is CC[C@H](NCC1=C(O)C(c2ccccc2)=NC2C=CC=CC12)c1ccccc1.